The fourth-order valence-electron chi connectivity index (χ4n) is 3.80. The van der Waals surface area contributed by atoms with Gasteiger partial charge in [-0.05, 0) is 54.6 Å². The average molecular weight is 595 g/mol. The second-order valence-electron chi connectivity index (χ2n) is 8.33. The smallest absolute Gasteiger partial charge is 0.250 e. The monoisotopic (exact) mass is 593 g/mol. The van der Waals surface area contributed by atoms with Crippen molar-refractivity contribution in [1.29, 1.82) is 0 Å². The summed E-state index contributed by atoms with van der Waals surface area (Å²) >= 11 is 12.0. The molecule has 0 saturated heterocycles. The molecule has 200 valence electrons. The summed E-state index contributed by atoms with van der Waals surface area (Å²) < 4.78 is 55.1. The molecular weight excluding hydrogens is 569 g/mol. The number of sulfonamides is 2. The van der Waals surface area contributed by atoms with Gasteiger partial charge in [0.25, 0.3) is 10.0 Å². The molecule has 3 aromatic rings. The van der Waals surface area contributed by atoms with Crippen LogP contribution in [0.3, 0.4) is 0 Å². The van der Waals surface area contributed by atoms with Gasteiger partial charge < -0.3 is 0 Å². The van der Waals surface area contributed by atoms with Gasteiger partial charge in [0.05, 0.1) is 29.4 Å². The number of rotatable bonds is 8. The summed E-state index contributed by atoms with van der Waals surface area (Å²) in [6.45, 7) is 0.0721. The van der Waals surface area contributed by atoms with E-state index in [2.05, 4.69) is 14.4 Å². The average Bonchev–Trinajstić information content (AvgIpc) is 3.35. The molecule has 1 aliphatic heterocycles. The third-order valence-electron chi connectivity index (χ3n) is 5.78. The fourth-order valence-corrected chi connectivity index (χ4v) is 5.61. The Morgan fingerprint density at radius 3 is 2.16 bits per heavy atom. The predicted octanol–water partition coefficient (Wildman–Crippen LogP) is 3.68. The first kappa shape index (κ1) is 28.1. The highest BCUT2D eigenvalue weighted by Gasteiger charge is 2.33. The number of aliphatic imine (C=N–C) groups is 1. The highest BCUT2D eigenvalue weighted by molar-refractivity contribution is 7.90. The van der Waals surface area contributed by atoms with Crippen molar-refractivity contribution < 1.29 is 16.8 Å². The van der Waals surface area contributed by atoms with Gasteiger partial charge in [0.2, 0.25) is 16.0 Å². The number of hydrogen-bond acceptors (Lipinski definition) is 6. The Balaban J connectivity index is 1.73. The van der Waals surface area contributed by atoms with E-state index in [0.29, 0.717) is 15.8 Å². The highest BCUT2D eigenvalue weighted by Crippen LogP contribution is 2.29. The molecule has 0 bridgehead atoms. The lowest BCUT2D eigenvalue weighted by molar-refractivity contribution is 0.461. The van der Waals surface area contributed by atoms with Gasteiger partial charge in [-0.1, -0.05) is 65.7 Å². The van der Waals surface area contributed by atoms with Crippen LogP contribution in [-0.4, -0.2) is 59.4 Å². The Hall–Kier alpha value is -2.96. The van der Waals surface area contributed by atoms with E-state index >= 15 is 0 Å². The van der Waals surface area contributed by atoms with E-state index < -0.39 is 20.0 Å². The Kier molecular flexibility index (Phi) is 8.74. The third-order valence-corrected chi connectivity index (χ3v) is 8.97. The summed E-state index contributed by atoms with van der Waals surface area (Å²) in [6, 6.07) is 22.5. The molecule has 4 rings (SSSR count). The minimum Gasteiger partial charge on any atom is -0.250 e. The summed E-state index contributed by atoms with van der Waals surface area (Å²) in [4.78, 5) is 4.29. The quantitative estimate of drug-likeness (QED) is 0.305. The minimum atomic E-state index is -4.09. The van der Waals surface area contributed by atoms with Gasteiger partial charge in [0, 0.05) is 16.0 Å². The van der Waals surface area contributed by atoms with Crippen LogP contribution in [0.4, 0.5) is 0 Å². The highest BCUT2D eigenvalue weighted by atomic mass is 35.5. The van der Waals surface area contributed by atoms with Crippen LogP contribution in [0.25, 0.3) is 0 Å². The number of nitrogens with one attached hydrogen (secondary N) is 2. The molecule has 13 heteroatoms. The van der Waals surface area contributed by atoms with E-state index in [0.717, 1.165) is 11.1 Å². The van der Waals surface area contributed by atoms with Gasteiger partial charge in [0.1, 0.15) is 0 Å². The van der Waals surface area contributed by atoms with Crippen LogP contribution >= 0.6 is 23.2 Å². The molecule has 0 radical (unpaired) electrons. The van der Waals surface area contributed by atoms with E-state index in [-0.39, 0.29) is 35.6 Å². The van der Waals surface area contributed by atoms with Crippen LogP contribution in [0, 0.1) is 0 Å². The number of guanidine groups is 1. The maximum absolute atomic E-state index is 13.2. The largest absolute Gasteiger partial charge is 0.264 e. The standard InChI is InChI=1S/C25H25Cl2N5O4S2/c1-28-37(33,34)16-15-29-25(31-38(35,36)22-13-11-21(27)12-14-22)32-17-23(18-5-3-2-4-6-18)24(30-32)19-7-9-20(26)10-8-19/h2-14,23,28H,15-17H2,1H3,(H,29,31)/t23-/m1/s1. The lowest BCUT2D eigenvalue weighted by Crippen LogP contribution is -2.41. The zero-order valence-corrected chi connectivity index (χ0v) is 23.4. The minimum absolute atomic E-state index is 0.0295. The van der Waals surface area contributed by atoms with E-state index in [1.807, 2.05) is 42.5 Å². The summed E-state index contributed by atoms with van der Waals surface area (Å²) in [5.41, 5.74) is 2.47. The lowest BCUT2D eigenvalue weighted by atomic mass is 9.91. The Morgan fingerprint density at radius 1 is 0.947 bits per heavy atom. The number of hydrogen-bond donors (Lipinski definition) is 2. The van der Waals surface area contributed by atoms with Gasteiger partial charge in [-0.3, -0.25) is 0 Å². The van der Waals surface area contributed by atoms with Crippen LogP contribution in [-0.2, 0) is 20.0 Å². The van der Waals surface area contributed by atoms with Gasteiger partial charge in [0.15, 0.2) is 0 Å². The Morgan fingerprint density at radius 2 is 1.55 bits per heavy atom. The molecule has 1 aliphatic rings. The molecule has 0 fully saturated rings. The molecule has 0 aromatic heterocycles. The second kappa shape index (κ2) is 11.8. The first-order valence-corrected chi connectivity index (χ1v) is 15.4. The molecule has 38 heavy (non-hydrogen) atoms. The van der Waals surface area contributed by atoms with Gasteiger partial charge >= 0.3 is 0 Å². The van der Waals surface area contributed by atoms with Crippen LogP contribution in [0.15, 0.2) is 93.9 Å². The van der Waals surface area contributed by atoms with E-state index in [1.54, 1.807) is 12.1 Å². The van der Waals surface area contributed by atoms with Gasteiger partial charge in [-0.15, -0.1) is 0 Å². The summed E-state index contributed by atoms with van der Waals surface area (Å²) in [7, 11) is -6.35. The zero-order valence-electron chi connectivity index (χ0n) is 20.3. The van der Waals surface area contributed by atoms with Crippen molar-refractivity contribution in [3.63, 3.8) is 0 Å². The van der Waals surface area contributed by atoms with Crippen molar-refractivity contribution in [3.8, 4) is 0 Å². The van der Waals surface area contributed by atoms with Crippen LogP contribution in [0.5, 0.6) is 0 Å². The molecule has 0 amide bonds. The first-order valence-electron chi connectivity index (χ1n) is 11.5. The van der Waals surface area contributed by atoms with Gasteiger partial charge in [-0.25, -0.2) is 36.3 Å². The van der Waals surface area contributed by atoms with E-state index in [9.17, 15) is 16.8 Å². The number of benzene rings is 3. The molecule has 1 heterocycles. The fraction of sp³-hybridized carbons (Fsp3) is 0.200. The Labute approximate surface area is 232 Å². The molecule has 1 atom stereocenters. The SMILES string of the molecule is CNS(=O)(=O)CC/N=C(/NS(=O)(=O)c1ccc(Cl)cc1)N1C[C@H](c2ccccc2)C(c2ccc(Cl)cc2)=N1. The number of hydrazone groups is 1. The second-order valence-corrected chi connectivity index (χ2v) is 12.9. The Bertz CT molecular complexity index is 1550. The molecule has 2 N–H and O–H groups in total. The molecule has 0 aliphatic carbocycles. The van der Waals surface area contributed by atoms with Crippen molar-refractivity contribution in [1.82, 2.24) is 14.5 Å². The molecule has 0 unspecified atom stereocenters. The molecule has 3 aromatic carbocycles. The summed E-state index contributed by atoms with van der Waals surface area (Å²) in [6.07, 6.45) is 0. The van der Waals surface area contributed by atoms with Crippen molar-refractivity contribution in [2.75, 3.05) is 25.9 Å². The number of nitrogens with zero attached hydrogens (tertiary/aromatic N) is 3. The topological polar surface area (TPSA) is 120 Å². The van der Waals surface area contributed by atoms with Crippen molar-refractivity contribution >= 4 is 54.9 Å². The summed E-state index contributed by atoms with van der Waals surface area (Å²) in [5, 5.41) is 7.14. The maximum Gasteiger partial charge on any atom is 0.264 e. The van der Waals surface area contributed by atoms with Crippen LogP contribution in [0.1, 0.15) is 17.0 Å². The number of halogens is 2. The van der Waals surface area contributed by atoms with Crippen molar-refractivity contribution in [3.05, 3.63) is 100 Å². The van der Waals surface area contributed by atoms with Gasteiger partial charge in [-0.2, -0.15) is 5.10 Å². The molecule has 9 nitrogen and oxygen atoms in total. The van der Waals surface area contributed by atoms with Crippen molar-refractivity contribution in [2.45, 2.75) is 10.8 Å². The van der Waals surface area contributed by atoms with E-state index in [4.69, 9.17) is 28.3 Å². The lowest BCUT2D eigenvalue weighted by Gasteiger charge is -2.20. The maximum atomic E-state index is 13.2. The molecule has 0 spiro atoms. The molecular formula is C25H25Cl2N5O4S2. The van der Waals surface area contributed by atoms with E-state index in [1.165, 1.54) is 36.3 Å². The van der Waals surface area contributed by atoms with Crippen LogP contribution < -0.4 is 9.44 Å². The third kappa shape index (κ3) is 6.91. The first-order chi connectivity index (χ1) is 18.1. The van der Waals surface area contributed by atoms with Crippen LogP contribution in [0.2, 0.25) is 10.0 Å². The summed E-state index contributed by atoms with van der Waals surface area (Å²) in [5.74, 6) is -0.654. The van der Waals surface area contributed by atoms with Crippen molar-refractivity contribution in [2.24, 2.45) is 10.1 Å². The zero-order chi connectivity index (χ0) is 27.3. The molecule has 0 saturated carbocycles. The normalized spacial score (nSPS) is 16.4. The predicted molar refractivity (Wildman–Crippen MR) is 151 cm³/mol.